The summed E-state index contributed by atoms with van der Waals surface area (Å²) < 4.78 is 6.01. The fourth-order valence-electron chi connectivity index (χ4n) is 2.12. The lowest BCUT2D eigenvalue weighted by Gasteiger charge is -2.16. The maximum Gasteiger partial charge on any atom is 0.257 e. The van der Waals surface area contributed by atoms with Gasteiger partial charge < -0.3 is 15.0 Å². The Hall–Kier alpha value is -2.20. The minimum atomic E-state index is -0.319. The van der Waals surface area contributed by atoms with Crippen molar-refractivity contribution < 1.29 is 14.3 Å². The molecule has 0 unspecified atom stereocenters. The molecule has 0 fully saturated rings. The van der Waals surface area contributed by atoms with Crippen LogP contribution in [0.5, 0.6) is 5.75 Å². The Labute approximate surface area is 171 Å². The van der Waals surface area contributed by atoms with E-state index in [4.69, 9.17) is 17.0 Å². The molecule has 0 aliphatic heterocycles. The number of rotatable bonds is 4. The first-order valence-corrected chi connectivity index (χ1v) is 9.10. The molecular formula is C18H18IN3O3S. The van der Waals surface area contributed by atoms with E-state index in [-0.39, 0.29) is 16.9 Å². The van der Waals surface area contributed by atoms with E-state index in [1.807, 2.05) is 6.07 Å². The molecular weight excluding hydrogens is 465 g/mol. The maximum atomic E-state index is 12.3. The lowest BCUT2D eigenvalue weighted by Crippen LogP contribution is -2.34. The molecule has 0 aliphatic rings. The number of benzene rings is 2. The van der Waals surface area contributed by atoms with Gasteiger partial charge in [-0.3, -0.25) is 14.9 Å². The summed E-state index contributed by atoms with van der Waals surface area (Å²) in [5.74, 6) is 0.307. The predicted octanol–water partition coefficient (Wildman–Crippen LogP) is 3.41. The summed E-state index contributed by atoms with van der Waals surface area (Å²) in [7, 11) is 3.26. The van der Waals surface area contributed by atoms with Crippen molar-refractivity contribution in [3.63, 3.8) is 0 Å². The number of halogens is 1. The van der Waals surface area contributed by atoms with Gasteiger partial charge in [-0.05, 0) is 71.2 Å². The van der Waals surface area contributed by atoms with Gasteiger partial charge in [-0.1, -0.05) is 6.07 Å². The van der Waals surface area contributed by atoms with Crippen LogP contribution < -0.4 is 20.3 Å². The second-order valence-corrected chi connectivity index (χ2v) is 6.96. The molecule has 0 radical (unpaired) electrons. The molecule has 0 atom stereocenters. The minimum Gasteiger partial charge on any atom is -0.496 e. The number of nitrogens with zero attached hydrogens (tertiary/aromatic N) is 1. The molecule has 2 amide bonds. The zero-order valence-corrected chi connectivity index (χ0v) is 17.5. The summed E-state index contributed by atoms with van der Waals surface area (Å²) in [6.45, 7) is 1.49. The van der Waals surface area contributed by atoms with Crippen LogP contribution in [0, 0.1) is 3.57 Å². The largest absolute Gasteiger partial charge is 0.496 e. The van der Waals surface area contributed by atoms with Gasteiger partial charge in [0.2, 0.25) is 5.91 Å². The van der Waals surface area contributed by atoms with E-state index >= 15 is 0 Å². The fourth-order valence-corrected chi connectivity index (χ4v) is 3.07. The first-order chi connectivity index (χ1) is 12.3. The highest BCUT2D eigenvalue weighted by Crippen LogP contribution is 2.22. The van der Waals surface area contributed by atoms with Crippen LogP contribution in [-0.4, -0.2) is 31.1 Å². The van der Waals surface area contributed by atoms with Crippen molar-refractivity contribution in [3.8, 4) is 5.75 Å². The van der Waals surface area contributed by atoms with Crippen molar-refractivity contribution in [1.82, 2.24) is 5.32 Å². The summed E-state index contributed by atoms with van der Waals surface area (Å²) in [6, 6.07) is 12.3. The summed E-state index contributed by atoms with van der Waals surface area (Å²) in [5, 5.41) is 5.76. The number of carbonyl (C=O) groups is 2. The van der Waals surface area contributed by atoms with E-state index < -0.39 is 0 Å². The maximum absolute atomic E-state index is 12.3. The average molecular weight is 483 g/mol. The molecule has 0 bridgehead atoms. The number of carbonyl (C=O) groups excluding carboxylic acids is 2. The predicted molar refractivity (Wildman–Crippen MR) is 115 cm³/mol. The number of anilines is 2. The van der Waals surface area contributed by atoms with Gasteiger partial charge in [-0.15, -0.1) is 0 Å². The molecule has 6 nitrogen and oxygen atoms in total. The van der Waals surface area contributed by atoms with Crippen molar-refractivity contribution in [2.75, 3.05) is 24.4 Å². The van der Waals surface area contributed by atoms with E-state index in [9.17, 15) is 9.59 Å². The molecule has 2 rings (SSSR count). The molecule has 0 saturated heterocycles. The van der Waals surface area contributed by atoms with Gasteiger partial charge in [0.1, 0.15) is 5.75 Å². The first kappa shape index (κ1) is 20.1. The average Bonchev–Trinajstić information content (AvgIpc) is 2.60. The molecule has 8 heteroatoms. The molecule has 0 aromatic heterocycles. The van der Waals surface area contributed by atoms with Crippen molar-refractivity contribution in [1.29, 1.82) is 0 Å². The van der Waals surface area contributed by atoms with Crippen LogP contribution in [0.2, 0.25) is 0 Å². The van der Waals surface area contributed by atoms with E-state index in [1.54, 1.807) is 50.6 Å². The molecule has 0 heterocycles. The van der Waals surface area contributed by atoms with Crippen molar-refractivity contribution >= 4 is 63.1 Å². The molecule has 2 aromatic carbocycles. The quantitative estimate of drug-likeness (QED) is 0.516. The molecule has 2 aromatic rings. The van der Waals surface area contributed by atoms with Crippen LogP contribution in [0.1, 0.15) is 17.3 Å². The molecule has 2 N–H and O–H groups in total. The molecule has 26 heavy (non-hydrogen) atoms. The lowest BCUT2D eigenvalue weighted by molar-refractivity contribution is -0.116. The number of hydrogen-bond donors (Lipinski definition) is 2. The second kappa shape index (κ2) is 8.95. The zero-order valence-electron chi connectivity index (χ0n) is 14.5. The van der Waals surface area contributed by atoms with E-state index in [1.165, 1.54) is 11.8 Å². The molecule has 0 spiro atoms. The molecule has 0 aliphatic carbocycles. The topological polar surface area (TPSA) is 70.7 Å². The highest BCUT2D eigenvalue weighted by atomic mass is 127. The zero-order chi connectivity index (χ0) is 19.3. The van der Waals surface area contributed by atoms with Gasteiger partial charge in [0.05, 0.1) is 10.7 Å². The second-order valence-electron chi connectivity index (χ2n) is 5.39. The fraction of sp³-hybridized carbons (Fsp3) is 0.167. The van der Waals surface area contributed by atoms with Crippen LogP contribution in [-0.2, 0) is 4.79 Å². The summed E-state index contributed by atoms with van der Waals surface area (Å²) in [6.07, 6.45) is 0. The number of ether oxygens (including phenoxy) is 1. The summed E-state index contributed by atoms with van der Waals surface area (Å²) >= 11 is 7.30. The standard InChI is InChI=1S/C18H18IN3O3S/c1-11(23)22(2)14-6-4-5-13(10-14)20-18(26)21-17(24)12-7-8-16(25-3)15(19)9-12/h4-10H,1-3H3,(H2,20,21,24,26). The molecule has 0 saturated carbocycles. The highest BCUT2D eigenvalue weighted by molar-refractivity contribution is 14.1. The third kappa shape index (κ3) is 5.15. The van der Waals surface area contributed by atoms with Crippen molar-refractivity contribution in [2.24, 2.45) is 0 Å². The van der Waals surface area contributed by atoms with Crippen LogP contribution in [0.4, 0.5) is 11.4 Å². The Kier molecular flexibility index (Phi) is 6.92. The monoisotopic (exact) mass is 483 g/mol. The highest BCUT2D eigenvalue weighted by Gasteiger charge is 2.11. The van der Waals surface area contributed by atoms with E-state index in [0.717, 1.165) is 9.26 Å². The van der Waals surface area contributed by atoms with Gasteiger partial charge >= 0.3 is 0 Å². The van der Waals surface area contributed by atoms with Gasteiger partial charge in [-0.25, -0.2) is 0 Å². The van der Waals surface area contributed by atoms with E-state index in [0.29, 0.717) is 17.0 Å². The number of amides is 2. The van der Waals surface area contributed by atoms with Gasteiger partial charge in [-0.2, -0.15) is 0 Å². The SMILES string of the molecule is COc1ccc(C(=O)NC(=S)Nc2cccc(N(C)C(C)=O)c2)cc1I. The number of nitrogens with one attached hydrogen (secondary N) is 2. The Bertz CT molecular complexity index is 857. The summed E-state index contributed by atoms with van der Waals surface area (Å²) in [4.78, 5) is 25.3. The van der Waals surface area contributed by atoms with E-state index in [2.05, 4.69) is 33.2 Å². The molecule has 136 valence electrons. The Morgan fingerprint density at radius 2 is 1.92 bits per heavy atom. The Morgan fingerprint density at radius 3 is 2.54 bits per heavy atom. The minimum absolute atomic E-state index is 0.0767. The summed E-state index contributed by atoms with van der Waals surface area (Å²) in [5.41, 5.74) is 1.87. The lowest BCUT2D eigenvalue weighted by atomic mass is 10.2. The van der Waals surface area contributed by atoms with Crippen LogP contribution in [0.15, 0.2) is 42.5 Å². The third-order valence-corrected chi connectivity index (χ3v) is 4.65. The van der Waals surface area contributed by atoms with Crippen LogP contribution in [0.25, 0.3) is 0 Å². The number of hydrogen-bond acceptors (Lipinski definition) is 4. The van der Waals surface area contributed by atoms with Gasteiger partial charge in [0.15, 0.2) is 5.11 Å². The Balaban J connectivity index is 2.04. The van der Waals surface area contributed by atoms with Gasteiger partial charge in [0, 0.05) is 30.9 Å². The van der Waals surface area contributed by atoms with Crippen molar-refractivity contribution in [3.05, 3.63) is 51.6 Å². The first-order valence-electron chi connectivity index (χ1n) is 7.62. The van der Waals surface area contributed by atoms with Gasteiger partial charge in [0.25, 0.3) is 5.91 Å². The van der Waals surface area contributed by atoms with Crippen LogP contribution >= 0.6 is 34.8 Å². The number of thiocarbonyl (C=S) groups is 1. The van der Waals surface area contributed by atoms with Crippen LogP contribution in [0.3, 0.4) is 0 Å². The van der Waals surface area contributed by atoms with Crippen molar-refractivity contribution in [2.45, 2.75) is 6.92 Å². The smallest absolute Gasteiger partial charge is 0.257 e. The Morgan fingerprint density at radius 1 is 1.19 bits per heavy atom. The normalized spacial score (nSPS) is 10.0. The number of methoxy groups -OCH3 is 1. The third-order valence-electron chi connectivity index (χ3n) is 3.60.